The Kier molecular flexibility index (Phi) is 4.85. The van der Waals surface area contributed by atoms with Gasteiger partial charge >= 0.3 is 6.09 Å². The summed E-state index contributed by atoms with van der Waals surface area (Å²) in [5, 5.41) is 2.03. The van der Waals surface area contributed by atoms with Crippen LogP contribution in [0.25, 0.3) is 16.5 Å². The summed E-state index contributed by atoms with van der Waals surface area (Å²) in [6, 6.07) is 21.1. The van der Waals surface area contributed by atoms with Gasteiger partial charge in [-0.2, -0.15) is 0 Å². The first kappa shape index (κ1) is 17.2. The molecule has 1 atom stereocenters. The summed E-state index contributed by atoms with van der Waals surface area (Å²) in [5.74, 6) is -0.382. The molecule has 0 spiro atoms. The van der Waals surface area contributed by atoms with Gasteiger partial charge in [0.1, 0.15) is 12.6 Å². The molecule has 0 bridgehead atoms. The lowest BCUT2D eigenvalue weighted by Gasteiger charge is -2.18. The number of benzene rings is 2. The number of thiophene rings is 1. The van der Waals surface area contributed by atoms with Crippen LogP contribution in [0, 0.1) is 0 Å². The number of amides is 2. The van der Waals surface area contributed by atoms with Gasteiger partial charge in [-0.1, -0.05) is 54.6 Å². The predicted octanol–water partition coefficient (Wildman–Crippen LogP) is 5.15. The summed E-state index contributed by atoms with van der Waals surface area (Å²) in [7, 11) is 0. The van der Waals surface area contributed by atoms with Gasteiger partial charge in [-0.15, -0.1) is 11.3 Å². The topological polar surface area (TPSA) is 46.6 Å². The van der Waals surface area contributed by atoms with E-state index < -0.39 is 12.1 Å². The molecule has 4 nitrogen and oxygen atoms in total. The van der Waals surface area contributed by atoms with Crippen molar-refractivity contribution in [1.29, 1.82) is 0 Å². The van der Waals surface area contributed by atoms with Gasteiger partial charge in [0, 0.05) is 11.0 Å². The van der Waals surface area contributed by atoms with Crippen LogP contribution in [0.2, 0.25) is 0 Å². The molecule has 5 heteroatoms. The van der Waals surface area contributed by atoms with Gasteiger partial charge in [-0.05, 0) is 40.3 Å². The number of nitrogens with zero attached hydrogens (tertiary/aromatic N) is 1. The molecule has 3 aromatic rings. The Hall–Kier alpha value is -3.18. The minimum Gasteiger partial charge on any atom is -0.446 e. The molecule has 2 heterocycles. The van der Waals surface area contributed by atoms with Crippen molar-refractivity contribution in [2.75, 3.05) is 6.61 Å². The van der Waals surface area contributed by atoms with E-state index in [4.69, 9.17) is 4.74 Å². The van der Waals surface area contributed by atoms with Crippen LogP contribution in [0.1, 0.15) is 17.2 Å². The highest BCUT2D eigenvalue weighted by Crippen LogP contribution is 2.28. The average Bonchev–Trinajstić information content (AvgIpc) is 3.37. The zero-order chi connectivity index (χ0) is 18.6. The molecule has 4 rings (SSSR count). The van der Waals surface area contributed by atoms with Crippen molar-refractivity contribution >= 4 is 29.4 Å². The van der Waals surface area contributed by atoms with Gasteiger partial charge in [0.2, 0.25) is 0 Å². The van der Waals surface area contributed by atoms with E-state index in [1.165, 1.54) is 15.9 Å². The number of ether oxygens (including phenoxy) is 1. The standard InChI is InChI=1S/C22H17NO3S/c24-21(23-19(15-26-22(23)25)17-7-2-1-3-8-17)12-11-16-6-4-9-18(14-16)20-10-5-13-27-20/h1-14,19H,15H2/b12-11+. The Morgan fingerprint density at radius 3 is 2.70 bits per heavy atom. The van der Waals surface area contributed by atoms with E-state index in [0.29, 0.717) is 0 Å². The summed E-state index contributed by atoms with van der Waals surface area (Å²) in [6.07, 6.45) is 2.55. The van der Waals surface area contributed by atoms with Gasteiger partial charge in [0.25, 0.3) is 5.91 Å². The maximum absolute atomic E-state index is 12.7. The number of carbonyl (C=O) groups excluding carboxylic acids is 2. The van der Waals surface area contributed by atoms with Gasteiger partial charge < -0.3 is 4.74 Å². The van der Waals surface area contributed by atoms with Crippen molar-refractivity contribution in [3.8, 4) is 10.4 Å². The van der Waals surface area contributed by atoms with E-state index in [-0.39, 0.29) is 12.5 Å². The minimum absolute atomic E-state index is 0.177. The quantitative estimate of drug-likeness (QED) is 0.593. The molecular weight excluding hydrogens is 358 g/mol. The van der Waals surface area contributed by atoms with Crippen molar-refractivity contribution in [2.24, 2.45) is 0 Å². The molecule has 1 aromatic heterocycles. The van der Waals surface area contributed by atoms with E-state index in [9.17, 15) is 9.59 Å². The van der Waals surface area contributed by atoms with Crippen LogP contribution in [-0.4, -0.2) is 23.5 Å². The highest BCUT2D eigenvalue weighted by molar-refractivity contribution is 7.13. The lowest BCUT2D eigenvalue weighted by atomic mass is 10.1. The van der Waals surface area contributed by atoms with Gasteiger partial charge in [-0.3, -0.25) is 4.79 Å². The molecule has 0 radical (unpaired) electrons. The van der Waals surface area contributed by atoms with Crippen LogP contribution in [0.15, 0.2) is 78.2 Å². The van der Waals surface area contributed by atoms with Crippen LogP contribution in [0.5, 0.6) is 0 Å². The number of imide groups is 1. The SMILES string of the molecule is O=C(/C=C/c1cccc(-c2cccs2)c1)N1C(=O)OCC1c1ccccc1. The molecule has 134 valence electrons. The first-order chi connectivity index (χ1) is 13.2. The zero-order valence-corrected chi connectivity index (χ0v) is 15.3. The molecule has 2 aromatic carbocycles. The number of carbonyl (C=O) groups is 2. The number of rotatable bonds is 4. The second-order valence-corrected chi connectivity index (χ2v) is 7.10. The smallest absolute Gasteiger partial charge is 0.417 e. The largest absolute Gasteiger partial charge is 0.446 e. The fraction of sp³-hybridized carbons (Fsp3) is 0.0909. The Morgan fingerprint density at radius 2 is 1.93 bits per heavy atom. The molecule has 0 aliphatic carbocycles. The molecule has 1 fully saturated rings. The highest BCUT2D eigenvalue weighted by Gasteiger charge is 2.37. The molecule has 2 amide bonds. The Balaban J connectivity index is 1.54. The fourth-order valence-corrected chi connectivity index (χ4v) is 3.80. The van der Waals surface area contributed by atoms with E-state index >= 15 is 0 Å². The Labute approximate surface area is 161 Å². The Morgan fingerprint density at radius 1 is 1.07 bits per heavy atom. The third-order valence-electron chi connectivity index (χ3n) is 4.41. The average molecular weight is 375 g/mol. The van der Waals surface area contributed by atoms with Crippen molar-refractivity contribution < 1.29 is 14.3 Å². The summed E-state index contributed by atoms with van der Waals surface area (Å²) in [5.41, 5.74) is 2.88. The van der Waals surface area contributed by atoms with Crippen LogP contribution < -0.4 is 0 Å². The normalized spacial score (nSPS) is 16.7. The second-order valence-electron chi connectivity index (χ2n) is 6.15. The van der Waals surface area contributed by atoms with E-state index in [0.717, 1.165) is 16.7 Å². The first-order valence-electron chi connectivity index (χ1n) is 8.59. The van der Waals surface area contributed by atoms with Crippen LogP contribution in [-0.2, 0) is 9.53 Å². The van der Waals surface area contributed by atoms with Crippen molar-refractivity contribution in [3.63, 3.8) is 0 Å². The Bertz CT molecular complexity index is 980. The van der Waals surface area contributed by atoms with Gasteiger partial charge in [-0.25, -0.2) is 9.69 Å². The van der Waals surface area contributed by atoms with Crippen molar-refractivity contribution in [3.05, 3.63) is 89.3 Å². The first-order valence-corrected chi connectivity index (χ1v) is 9.47. The summed E-state index contributed by atoms with van der Waals surface area (Å²) in [6.45, 7) is 0.177. The molecule has 1 aliphatic rings. The summed E-state index contributed by atoms with van der Waals surface area (Å²) < 4.78 is 5.11. The minimum atomic E-state index is -0.606. The maximum Gasteiger partial charge on any atom is 0.417 e. The van der Waals surface area contributed by atoms with Gasteiger partial charge in [0.05, 0.1) is 0 Å². The summed E-state index contributed by atoms with van der Waals surface area (Å²) in [4.78, 5) is 27.1. The fourth-order valence-electron chi connectivity index (χ4n) is 3.07. The molecule has 1 saturated heterocycles. The second kappa shape index (κ2) is 7.60. The number of hydrogen-bond acceptors (Lipinski definition) is 4. The molecule has 1 aliphatic heterocycles. The lowest BCUT2D eigenvalue weighted by Crippen LogP contribution is -2.32. The molecular formula is C22H17NO3S. The zero-order valence-electron chi connectivity index (χ0n) is 14.4. The highest BCUT2D eigenvalue weighted by atomic mass is 32.1. The van der Waals surface area contributed by atoms with E-state index in [1.807, 2.05) is 66.0 Å². The third-order valence-corrected chi connectivity index (χ3v) is 5.32. The van der Waals surface area contributed by atoms with E-state index in [2.05, 4.69) is 6.07 Å². The molecule has 0 N–H and O–H groups in total. The number of cyclic esters (lactones) is 1. The third kappa shape index (κ3) is 3.68. The molecule has 0 saturated carbocycles. The van der Waals surface area contributed by atoms with E-state index in [1.54, 1.807) is 17.4 Å². The molecule has 27 heavy (non-hydrogen) atoms. The maximum atomic E-state index is 12.7. The van der Waals surface area contributed by atoms with Crippen molar-refractivity contribution in [1.82, 2.24) is 4.90 Å². The monoisotopic (exact) mass is 375 g/mol. The van der Waals surface area contributed by atoms with Crippen molar-refractivity contribution in [2.45, 2.75) is 6.04 Å². The lowest BCUT2D eigenvalue weighted by molar-refractivity contribution is -0.124. The predicted molar refractivity (Wildman–Crippen MR) is 106 cm³/mol. The van der Waals surface area contributed by atoms with Crippen LogP contribution in [0.3, 0.4) is 0 Å². The van der Waals surface area contributed by atoms with Crippen LogP contribution >= 0.6 is 11.3 Å². The van der Waals surface area contributed by atoms with Crippen LogP contribution in [0.4, 0.5) is 4.79 Å². The number of hydrogen-bond donors (Lipinski definition) is 0. The summed E-state index contributed by atoms with van der Waals surface area (Å²) >= 11 is 1.67. The van der Waals surface area contributed by atoms with Gasteiger partial charge in [0.15, 0.2) is 0 Å². The molecule has 1 unspecified atom stereocenters.